The van der Waals surface area contributed by atoms with Crippen molar-refractivity contribution in [3.63, 3.8) is 0 Å². The van der Waals surface area contributed by atoms with Gasteiger partial charge in [-0.1, -0.05) is 18.2 Å². The number of benzene rings is 1. The smallest absolute Gasteiger partial charge is 0.314 e. The molecule has 1 aromatic carbocycles. The average molecular weight is 332 g/mol. The normalized spacial score (nSPS) is 17.2. The molecular formula is C17H24N4O3. The maximum atomic E-state index is 12.5. The quantitative estimate of drug-likeness (QED) is 0.872. The van der Waals surface area contributed by atoms with Crippen LogP contribution in [-0.4, -0.2) is 47.8 Å². The standard InChI is InChI=1S/C17H24N4O3/c1-12(22)20(2)10-13-6-3-4-8-15(13)19-16(23)14-7-5-9-21(11-14)17(18)24/h3-4,6,8,14H,5,7,9-11H2,1-2H3,(H2,18,24)(H,19,23). The number of para-hydroxylation sites is 1. The number of nitrogens with zero attached hydrogens (tertiary/aromatic N) is 2. The second kappa shape index (κ2) is 7.81. The first-order chi connectivity index (χ1) is 11.4. The van der Waals surface area contributed by atoms with Crippen LogP contribution < -0.4 is 11.1 Å². The number of urea groups is 1. The summed E-state index contributed by atoms with van der Waals surface area (Å²) in [6.45, 7) is 2.86. The summed E-state index contributed by atoms with van der Waals surface area (Å²) >= 11 is 0. The van der Waals surface area contributed by atoms with Gasteiger partial charge in [0.2, 0.25) is 11.8 Å². The molecule has 0 aromatic heterocycles. The van der Waals surface area contributed by atoms with E-state index in [1.807, 2.05) is 24.3 Å². The van der Waals surface area contributed by atoms with Crippen molar-refractivity contribution >= 4 is 23.5 Å². The Hall–Kier alpha value is -2.57. The molecule has 2 rings (SSSR count). The number of hydrogen-bond donors (Lipinski definition) is 2. The van der Waals surface area contributed by atoms with Gasteiger partial charge in [0.05, 0.1) is 5.92 Å². The summed E-state index contributed by atoms with van der Waals surface area (Å²) in [6, 6.07) is 6.91. The van der Waals surface area contributed by atoms with Crippen molar-refractivity contribution in [2.45, 2.75) is 26.3 Å². The number of carbonyl (C=O) groups is 3. The summed E-state index contributed by atoms with van der Waals surface area (Å²) in [4.78, 5) is 38.3. The van der Waals surface area contributed by atoms with Gasteiger partial charge < -0.3 is 20.9 Å². The lowest BCUT2D eigenvalue weighted by Crippen LogP contribution is -2.46. The number of rotatable bonds is 4. The maximum absolute atomic E-state index is 12.5. The van der Waals surface area contributed by atoms with Gasteiger partial charge in [-0.3, -0.25) is 9.59 Å². The van der Waals surface area contributed by atoms with E-state index in [-0.39, 0.29) is 17.7 Å². The molecule has 24 heavy (non-hydrogen) atoms. The van der Waals surface area contributed by atoms with Gasteiger partial charge in [-0.25, -0.2) is 4.79 Å². The van der Waals surface area contributed by atoms with Crippen LogP contribution in [0, 0.1) is 5.92 Å². The molecule has 0 bridgehead atoms. The zero-order valence-electron chi connectivity index (χ0n) is 14.1. The van der Waals surface area contributed by atoms with Crippen LogP contribution in [0.1, 0.15) is 25.3 Å². The highest BCUT2D eigenvalue weighted by atomic mass is 16.2. The molecular weight excluding hydrogens is 308 g/mol. The minimum Gasteiger partial charge on any atom is -0.351 e. The van der Waals surface area contributed by atoms with Crippen molar-refractivity contribution in [1.29, 1.82) is 0 Å². The topological polar surface area (TPSA) is 95.7 Å². The first kappa shape index (κ1) is 17.8. The molecule has 1 fully saturated rings. The van der Waals surface area contributed by atoms with Crippen molar-refractivity contribution in [1.82, 2.24) is 9.80 Å². The molecule has 7 heteroatoms. The Morgan fingerprint density at radius 3 is 2.71 bits per heavy atom. The fourth-order valence-electron chi connectivity index (χ4n) is 2.77. The van der Waals surface area contributed by atoms with Crippen molar-refractivity contribution in [2.75, 3.05) is 25.5 Å². The molecule has 1 aliphatic rings. The molecule has 1 aliphatic heterocycles. The molecule has 0 radical (unpaired) electrons. The molecule has 0 spiro atoms. The van der Waals surface area contributed by atoms with Crippen LogP contribution in [0.3, 0.4) is 0 Å². The minimum absolute atomic E-state index is 0.0412. The van der Waals surface area contributed by atoms with Crippen molar-refractivity contribution in [3.05, 3.63) is 29.8 Å². The highest BCUT2D eigenvalue weighted by Crippen LogP contribution is 2.21. The molecule has 1 unspecified atom stereocenters. The predicted molar refractivity (Wildman–Crippen MR) is 91.1 cm³/mol. The lowest BCUT2D eigenvalue weighted by atomic mass is 9.97. The van der Waals surface area contributed by atoms with Crippen molar-refractivity contribution < 1.29 is 14.4 Å². The predicted octanol–water partition coefficient (Wildman–Crippen LogP) is 1.39. The highest BCUT2D eigenvalue weighted by molar-refractivity contribution is 5.93. The number of anilines is 1. The van der Waals surface area contributed by atoms with E-state index in [0.717, 1.165) is 18.4 Å². The van der Waals surface area contributed by atoms with Crippen LogP contribution >= 0.6 is 0 Å². The van der Waals surface area contributed by atoms with E-state index in [4.69, 9.17) is 5.73 Å². The second-order valence-electron chi connectivity index (χ2n) is 6.14. The largest absolute Gasteiger partial charge is 0.351 e. The molecule has 1 aromatic rings. The summed E-state index contributed by atoms with van der Waals surface area (Å²) in [5.74, 6) is -0.441. The van der Waals surface area contributed by atoms with Crippen LogP contribution in [0.15, 0.2) is 24.3 Å². The fourth-order valence-corrected chi connectivity index (χ4v) is 2.77. The molecule has 7 nitrogen and oxygen atoms in total. The lowest BCUT2D eigenvalue weighted by Gasteiger charge is -2.30. The fraction of sp³-hybridized carbons (Fsp3) is 0.471. The Bertz CT molecular complexity index is 632. The Morgan fingerprint density at radius 2 is 2.04 bits per heavy atom. The van der Waals surface area contributed by atoms with Crippen molar-refractivity contribution in [3.8, 4) is 0 Å². The SMILES string of the molecule is CC(=O)N(C)Cc1ccccc1NC(=O)C1CCCN(C(N)=O)C1. The number of amides is 4. The van der Waals surface area contributed by atoms with E-state index < -0.39 is 6.03 Å². The third-order valence-corrected chi connectivity index (χ3v) is 4.32. The minimum atomic E-state index is -0.490. The van der Waals surface area contributed by atoms with Gasteiger partial charge in [-0.15, -0.1) is 0 Å². The van der Waals surface area contributed by atoms with Crippen LogP contribution in [0.5, 0.6) is 0 Å². The van der Waals surface area contributed by atoms with E-state index in [1.165, 1.54) is 11.8 Å². The molecule has 1 heterocycles. The number of nitrogens with two attached hydrogens (primary N) is 1. The number of nitrogens with one attached hydrogen (secondary N) is 1. The van der Waals surface area contributed by atoms with E-state index in [1.54, 1.807) is 11.9 Å². The Kier molecular flexibility index (Phi) is 5.78. The summed E-state index contributed by atoms with van der Waals surface area (Å²) in [5.41, 5.74) is 6.86. The summed E-state index contributed by atoms with van der Waals surface area (Å²) in [5, 5.41) is 2.93. The van der Waals surface area contributed by atoms with Crippen LogP contribution in [0.25, 0.3) is 0 Å². The average Bonchev–Trinajstić information content (AvgIpc) is 2.56. The zero-order valence-corrected chi connectivity index (χ0v) is 14.1. The Balaban J connectivity index is 2.06. The summed E-state index contributed by atoms with van der Waals surface area (Å²) in [6.07, 6.45) is 1.49. The molecule has 3 N–H and O–H groups in total. The number of primary amides is 1. The van der Waals surface area contributed by atoms with Gasteiger partial charge in [0.15, 0.2) is 0 Å². The summed E-state index contributed by atoms with van der Waals surface area (Å²) < 4.78 is 0. The number of likely N-dealkylation sites (tertiary alicyclic amines) is 1. The third-order valence-electron chi connectivity index (χ3n) is 4.32. The molecule has 0 saturated carbocycles. The van der Waals surface area contributed by atoms with Crippen LogP contribution in [0.4, 0.5) is 10.5 Å². The third kappa shape index (κ3) is 4.47. The van der Waals surface area contributed by atoms with Crippen LogP contribution in [0.2, 0.25) is 0 Å². The monoisotopic (exact) mass is 332 g/mol. The second-order valence-corrected chi connectivity index (χ2v) is 6.14. The molecule has 1 atom stereocenters. The number of carbonyl (C=O) groups excluding carboxylic acids is 3. The van der Waals surface area contributed by atoms with E-state index in [0.29, 0.717) is 25.3 Å². The van der Waals surface area contributed by atoms with E-state index in [2.05, 4.69) is 5.32 Å². The molecule has 130 valence electrons. The van der Waals surface area contributed by atoms with Gasteiger partial charge in [0.1, 0.15) is 0 Å². The van der Waals surface area contributed by atoms with Crippen LogP contribution in [-0.2, 0) is 16.1 Å². The van der Waals surface area contributed by atoms with Gasteiger partial charge >= 0.3 is 6.03 Å². The van der Waals surface area contributed by atoms with Crippen molar-refractivity contribution in [2.24, 2.45) is 11.7 Å². The maximum Gasteiger partial charge on any atom is 0.314 e. The first-order valence-corrected chi connectivity index (χ1v) is 8.03. The molecule has 0 aliphatic carbocycles. The van der Waals surface area contributed by atoms with Gasteiger partial charge in [-0.05, 0) is 24.5 Å². The zero-order chi connectivity index (χ0) is 17.7. The van der Waals surface area contributed by atoms with Gasteiger partial charge in [0.25, 0.3) is 0 Å². The van der Waals surface area contributed by atoms with E-state index in [9.17, 15) is 14.4 Å². The summed E-state index contributed by atoms with van der Waals surface area (Å²) in [7, 11) is 1.72. The Labute approximate surface area is 141 Å². The Morgan fingerprint density at radius 1 is 1.33 bits per heavy atom. The lowest BCUT2D eigenvalue weighted by molar-refractivity contribution is -0.128. The molecule has 4 amide bonds. The number of hydrogen-bond acceptors (Lipinski definition) is 3. The van der Waals surface area contributed by atoms with E-state index >= 15 is 0 Å². The number of piperidine rings is 1. The highest BCUT2D eigenvalue weighted by Gasteiger charge is 2.27. The van der Waals surface area contributed by atoms with Gasteiger partial charge in [0, 0.05) is 39.3 Å². The van der Waals surface area contributed by atoms with Gasteiger partial charge in [-0.2, -0.15) is 0 Å². The molecule has 1 saturated heterocycles. The first-order valence-electron chi connectivity index (χ1n) is 8.03.